The zero-order valence-electron chi connectivity index (χ0n) is 14.5. The van der Waals surface area contributed by atoms with Gasteiger partial charge in [0.15, 0.2) is 0 Å². The fourth-order valence-corrected chi connectivity index (χ4v) is 2.75. The number of hydrogen-bond acceptors (Lipinski definition) is 4. The minimum atomic E-state index is -0.253. The van der Waals surface area contributed by atoms with Crippen molar-refractivity contribution in [2.24, 2.45) is 5.41 Å². The zero-order valence-corrected chi connectivity index (χ0v) is 14.5. The van der Waals surface area contributed by atoms with E-state index in [1.807, 2.05) is 12.1 Å². The van der Waals surface area contributed by atoms with Crippen LogP contribution in [0, 0.1) is 5.41 Å². The number of aliphatic hydroxyl groups is 1. The van der Waals surface area contributed by atoms with E-state index in [2.05, 4.69) is 31.2 Å². The highest BCUT2D eigenvalue weighted by Gasteiger charge is 2.19. The van der Waals surface area contributed by atoms with Crippen molar-refractivity contribution >= 4 is 16.8 Å². The third kappa shape index (κ3) is 4.89. The number of carbonyl (C=O) groups excluding carboxylic acids is 1. The number of benzene rings is 1. The molecule has 6 nitrogen and oxygen atoms in total. The van der Waals surface area contributed by atoms with Crippen LogP contribution in [0.25, 0.3) is 10.9 Å². The molecule has 0 spiro atoms. The Morgan fingerprint density at radius 2 is 2.04 bits per heavy atom. The molecule has 130 valence electrons. The molecule has 1 heterocycles. The molecule has 2 rings (SSSR count). The minimum absolute atomic E-state index is 0.0249. The predicted molar refractivity (Wildman–Crippen MR) is 93.7 cm³/mol. The molecule has 0 saturated heterocycles. The Hall–Kier alpha value is -2.21. The van der Waals surface area contributed by atoms with E-state index in [0.717, 1.165) is 0 Å². The SMILES string of the molecule is CC(C)(C)CC(CO)NC(=O)CCn1ncc(=O)c2ccccc21. The molecule has 1 unspecified atom stereocenters. The second kappa shape index (κ2) is 7.57. The normalized spacial score (nSPS) is 13.0. The third-order valence-electron chi connectivity index (χ3n) is 3.76. The number of aromatic nitrogens is 2. The number of rotatable bonds is 6. The van der Waals surface area contributed by atoms with Crippen molar-refractivity contribution in [1.82, 2.24) is 15.1 Å². The summed E-state index contributed by atoms with van der Waals surface area (Å²) in [5, 5.41) is 17.0. The first-order valence-corrected chi connectivity index (χ1v) is 8.15. The van der Waals surface area contributed by atoms with Gasteiger partial charge >= 0.3 is 0 Å². The first kappa shape index (κ1) is 18.1. The van der Waals surface area contributed by atoms with Gasteiger partial charge in [0, 0.05) is 11.8 Å². The van der Waals surface area contributed by atoms with Crippen LogP contribution in [0.3, 0.4) is 0 Å². The van der Waals surface area contributed by atoms with E-state index in [-0.39, 0.29) is 35.8 Å². The first-order valence-electron chi connectivity index (χ1n) is 8.15. The maximum atomic E-state index is 12.1. The number of aryl methyl sites for hydroxylation is 1. The summed E-state index contributed by atoms with van der Waals surface area (Å²) < 4.78 is 1.66. The summed E-state index contributed by atoms with van der Waals surface area (Å²) in [6, 6.07) is 6.96. The number of para-hydroxylation sites is 1. The van der Waals surface area contributed by atoms with Crippen LogP contribution in [-0.2, 0) is 11.3 Å². The Morgan fingerprint density at radius 3 is 2.71 bits per heavy atom. The average Bonchev–Trinajstić information content (AvgIpc) is 2.52. The monoisotopic (exact) mass is 331 g/mol. The van der Waals surface area contributed by atoms with Gasteiger partial charge in [-0.3, -0.25) is 14.3 Å². The van der Waals surface area contributed by atoms with E-state index in [0.29, 0.717) is 23.9 Å². The van der Waals surface area contributed by atoms with Gasteiger partial charge in [-0.25, -0.2) is 0 Å². The van der Waals surface area contributed by atoms with Crippen LogP contribution in [-0.4, -0.2) is 33.4 Å². The molecule has 0 saturated carbocycles. The highest BCUT2D eigenvalue weighted by atomic mass is 16.3. The van der Waals surface area contributed by atoms with E-state index >= 15 is 0 Å². The van der Waals surface area contributed by atoms with Crippen LogP contribution in [0.2, 0.25) is 0 Å². The van der Waals surface area contributed by atoms with Gasteiger partial charge in [-0.1, -0.05) is 32.9 Å². The number of fused-ring (bicyclic) bond motifs is 1. The Bertz CT molecular complexity index is 762. The van der Waals surface area contributed by atoms with Crippen LogP contribution in [0.1, 0.15) is 33.6 Å². The highest BCUT2D eigenvalue weighted by molar-refractivity contribution is 5.79. The lowest BCUT2D eigenvalue weighted by molar-refractivity contribution is -0.122. The molecule has 0 aliphatic carbocycles. The van der Waals surface area contributed by atoms with E-state index in [4.69, 9.17) is 0 Å². The molecule has 0 aliphatic rings. The van der Waals surface area contributed by atoms with E-state index in [1.54, 1.807) is 16.8 Å². The summed E-state index contributed by atoms with van der Waals surface area (Å²) in [7, 11) is 0. The largest absolute Gasteiger partial charge is 0.394 e. The fourth-order valence-electron chi connectivity index (χ4n) is 2.75. The van der Waals surface area contributed by atoms with Crippen molar-refractivity contribution in [1.29, 1.82) is 0 Å². The van der Waals surface area contributed by atoms with Crippen molar-refractivity contribution in [3.05, 3.63) is 40.7 Å². The number of aliphatic hydroxyl groups excluding tert-OH is 1. The summed E-state index contributed by atoms with van der Waals surface area (Å²) in [5.74, 6) is -0.136. The van der Waals surface area contributed by atoms with Crippen LogP contribution >= 0.6 is 0 Å². The molecule has 6 heteroatoms. The molecular weight excluding hydrogens is 306 g/mol. The van der Waals surface area contributed by atoms with E-state index in [9.17, 15) is 14.7 Å². The Kier molecular flexibility index (Phi) is 5.72. The lowest BCUT2D eigenvalue weighted by Gasteiger charge is -2.25. The van der Waals surface area contributed by atoms with Crippen LogP contribution in [0.5, 0.6) is 0 Å². The van der Waals surface area contributed by atoms with Crippen molar-refractivity contribution in [3.63, 3.8) is 0 Å². The number of carbonyl (C=O) groups is 1. The number of nitrogens with one attached hydrogen (secondary N) is 1. The van der Waals surface area contributed by atoms with Gasteiger partial charge in [-0.2, -0.15) is 5.10 Å². The maximum Gasteiger partial charge on any atom is 0.222 e. The van der Waals surface area contributed by atoms with Crippen molar-refractivity contribution < 1.29 is 9.90 Å². The molecular formula is C18H25N3O3. The Labute approximate surface area is 141 Å². The van der Waals surface area contributed by atoms with Crippen molar-refractivity contribution in [2.75, 3.05) is 6.61 Å². The van der Waals surface area contributed by atoms with Gasteiger partial charge in [-0.15, -0.1) is 0 Å². The van der Waals surface area contributed by atoms with Gasteiger partial charge < -0.3 is 10.4 Å². The van der Waals surface area contributed by atoms with Gasteiger partial charge in [0.2, 0.25) is 11.3 Å². The fraction of sp³-hybridized carbons (Fsp3) is 0.500. The number of amides is 1. The number of hydrogen-bond donors (Lipinski definition) is 2. The van der Waals surface area contributed by atoms with Crippen LogP contribution in [0.4, 0.5) is 0 Å². The Morgan fingerprint density at radius 1 is 1.33 bits per heavy atom. The van der Waals surface area contributed by atoms with Crippen molar-refractivity contribution in [2.45, 2.75) is 46.2 Å². The molecule has 24 heavy (non-hydrogen) atoms. The minimum Gasteiger partial charge on any atom is -0.394 e. The molecule has 1 aromatic heterocycles. The molecule has 0 fully saturated rings. The highest BCUT2D eigenvalue weighted by Crippen LogP contribution is 2.20. The molecule has 0 radical (unpaired) electrons. The lowest BCUT2D eigenvalue weighted by atomic mass is 9.88. The molecule has 0 bridgehead atoms. The third-order valence-corrected chi connectivity index (χ3v) is 3.76. The zero-order chi connectivity index (χ0) is 17.7. The summed E-state index contributed by atoms with van der Waals surface area (Å²) in [6.45, 7) is 6.50. The van der Waals surface area contributed by atoms with Crippen LogP contribution in [0.15, 0.2) is 35.3 Å². The Balaban J connectivity index is 2.02. The molecule has 0 aliphatic heterocycles. The van der Waals surface area contributed by atoms with Gasteiger partial charge in [0.05, 0.1) is 30.9 Å². The quantitative estimate of drug-likeness (QED) is 0.844. The standard InChI is InChI=1S/C18H25N3O3/c1-18(2,3)10-13(12-22)20-17(24)8-9-21-15-7-5-4-6-14(15)16(23)11-19-21/h4-7,11,13,22H,8-10,12H2,1-3H3,(H,20,24). The topological polar surface area (TPSA) is 84.2 Å². The van der Waals surface area contributed by atoms with Gasteiger partial charge in [0.25, 0.3) is 0 Å². The lowest BCUT2D eigenvalue weighted by Crippen LogP contribution is -2.40. The van der Waals surface area contributed by atoms with Gasteiger partial charge in [-0.05, 0) is 24.0 Å². The molecule has 2 aromatic rings. The summed E-state index contributed by atoms with van der Waals surface area (Å²) >= 11 is 0. The summed E-state index contributed by atoms with van der Waals surface area (Å²) in [4.78, 5) is 24.0. The smallest absolute Gasteiger partial charge is 0.222 e. The summed E-state index contributed by atoms with van der Waals surface area (Å²) in [6.07, 6.45) is 2.21. The molecule has 2 N–H and O–H groups in total. The number of nitrogens with zero attached hydrogens (tertiary/aromatic N) is 2. The predicted octanol–water partition coefficient (Wildman–Crippen LogP) is 1.70. The second-order valence-corrected chi connectivity index (χ2v) is 7.21. The van der Waals surface area contributed by atoms with Crippen molar-refractivity contribution in [3.8, 4) is 0 Å². The first-order chi connectivity index (χ1) is 11.3. The molecule has 1 aromatic carbocycles. The maximum absolute atomic E-state index is 12.1. The van der Waals surface area contributed by atoms with Crippen LogP contribution < -0.4 is 10.7 Å². The van der Waals surface area contributed by atoms with E-state index < -0.39 is 0 Å². The molecule has 1 atom stereocenters. The average molecular weight is 331 g/mol. The summed E-state index contributed by atoms with van der Waals surface area (Å²) in [5.41, 5.74) is 0.611. The molecule has 1 amide bonds. The second-order valence-electron chi connectivity index (χ2n) is 7.21. The van der Waals surface area contributed by atoms with Gasteiger partial charge in [0.1, 0.15) is 0 Å². The van der Waals surface area contributed by atoms with E-state index in [1.165, 1.54) is 6.20 Å².